The number of rotatable bonds is 3. The molecule has 0 amide bonds. The topological polar surface area (TPSA) is 34.1 Å². The number of aromatic nitrogens is 1. The molecule has 3 nitrogen and oxygen atoms in total. The van der Waals surface area contributed by atoms with Gasteiger partial charge in [-0.3, -0.25) is 0 Å². The number of para-hydroxylation sites is 2. The zero-order chi connectivity index (χ0) is 14.8. The largest absolute Gasteiger partial charge is 1.00 e. The fourth-order valence-corrected chi connectivity index (χ4v) is 2.48. The number of nitrogens with one attached hydrogen (secondary N) is 1. The van der Waals surface area contributed by atoms with Gasteiger partial charge in [-0.25, -0.2) is 4.98 Å². The summed E-state index contributed by atoms with van der Waals surface area (Å²) in [5, 5.41) is 4.57. The van der Waals surface area contributed by atoms with Crippen LogP contribution in [0.2, 0.25) is 0 Å². The molecule has 0 fully saturated rings. The Labute approximate surface area is 136 Å². The number of anilines is 2. The molecule has 2 aromatic carbocycles. The van der Waals surface area contributed by atoms with Gasteiger partial charge in [-0.05, 0) is 37.6 Å². The van der Waals surface area contributed by atoms with E-state index in [-0.39, 0.29) is 12.4 Å². The SMILES string of the molecule is COc1cccc2c(Nc3ccccc3C)cc(C)nc12.[Cl-]. The Morgan fingerprint density at radius 2 is 1.73 bits per heavy atom. The Kier molecular flexibility index (Phi) is 4.88. The molecule has 3 aromatic rings. The van der Waals surface area contributed by atoms with E-state index in [0.29, 0.717) is 0 Å². The first-order valence-electron chi connectivity index (χ1n) is 6.96. The maximum absolute atomic E-state index is 5.42. The van der Waals surface area contributed by atoms with E-state index in [2.05, 4.69) is 41.5 Å². The molecule has 0 aliphatic carbocycles. The van der Waals surface area contributed by atoms with Crippen molar-refractivity contribution in [3.63, 3.8) is 0 Å². The molecule has 22 heavy (non-hydrogen) atoms. The second-order valence-electron chi connectivity index (χ2n) is 5.11. The lowest BCUT2D eigenvalue weighted by molar-refractivity contribution is -0.00000464. The van der Waals surface area contributed by atoms with Crippen molar-refractivity contribution < 1.29 is 17.1 Å². The number of ether oxygens (including phenoxy) is 1. The number of hydrogen-bond donors (Lipinski definition) is 1. The van der Waals surface area contributed by atoms with Crippen molar-refractivity contribution >= 4 is 22.3 Å². The Hall–Kier alpha value is -2.26. The quantitative estimate of drug-likeness (QED) is 0.798. The second kappa shape index (κ2) is 6.67. The predicted octanol–water partition coefficient (Wildman–Crippen LogP) is 1.61. The van der Waals surface area contributed by atoms with Gasteiger partial charge in [0.15, 0.2) is 0 Å². The van der Waals surface area contributed by atoms with E-state index < -0.39 is 0 Å². The second-order valence-corrected chi connectivity index (χ2v) is 5.11. The van der Waals surface area contributed by atoms with Crippen LogP contribution in [0.4, 0.5) is 11.4 Å². The van der Waals surface area contributed by atoms with Crippen LogP contribution in [-0.2, 0) is 0 Å². The van der Waals surface area contributed by atoms with Crippen LogP contribution in [-0.4, -0.2) is 12.1 Å². The lowest BCUT2D eigenvalue weighted by Gasteiger charge is -2.14. The van der Waals surface area contributed by atoms with Gasteiger partial charge in [-0.2, -0.15) is 0 Å². The Balaban J connectivity index is 0.00000176. The minimum Gasteiger partial charge on any atom is -1.00 e. The fourth-order valence-electron chi connectivity index (χ4n) is 2.48. The van der Waals surface area contributed by atoms with Crippen molar-refractivity contribution in [2.45, 2.75) is 13.8 Å². The summed E-state index contributed by atoms with van der Waals surface area (Å²) in [4.78, 5) is 4.61. The third-order valence-electron chi connectivity index (χ3n) is 3.56. The van der Waals surface area contributed by atoms with E-state index in [1.54, 1.807) is 7.11 Å². The van der Waals surface area contributed by atoms with Crippen LogP contribution in [0.5, 0.6) is 5.75 Å². The van der Waals surface area contributed by atoms with Crippen LogP contribution in [0.15, 0.2) is 48.5 Å². The van der Waals surface area contributed by atoms with Crippen molar-refractivity contribution in [2.24, 2.45) is 0 Å². The molecule has 4 heteroatoms. The molecule has 0 aliphatic rings. The lowest BCUT2D eigenvalue weighted by atomic mass is 10.1. The van der Waals surface area contributed by atoms with E-state index in [9.17, 15) is 0 Å². The number of hydrogen-bond acceptors (Lipinski definition) is 3. The molecule has 0 radical (unpaired) electrons. The van der Waals surface area contributed by atoms with E-state index >= 15 is 0 Å². The van der Waals surface area contributed by atoms with Crippen LogP contribution >= 0.6 is 0 Å². The number of pyridine rings is 1. The summed E-state index contributed by atoms with van der Waals surface area (Å²) in [6.07, 6.45) is 0. The van der Waals surface area contributed by atoms with Crippen molar-refractivity contribution in [3.8, 4) is 5.75 Å². The van der Waals surface area contributed by atoms with Crippen LogP contribution in [0, 0.1) is 13.8 Å². The summed E-state index contributed by atoms with van der Waals surface area (Å²) in [7, 11) is 1.67. The highest BCUT2D eigenvalue weighted by Crippen LogP contribution is 2.32. The van der Waals surface area contributed by atoms with Crippen molar-refractivity contribution in [2.75, 3.05) is 12.4 Å². The molecule has 0 bridgehead atoms. The number of methoxy groups -OCH3 is 1. The van der Waals surface area contributed by atoms with E-state index in [1.165, 1.54) is 5.56 Å². The average Bonchev–Trinajstić information content (AvgIpc) is 2.49. The van der Waals surface area contributed by atoms with Crippen molar-refractivity contribution in [1.82, 2.24) is 4.98 Å². The van der Waals surface area contributed by atoms with Gasteiger partial charge < -0.3 is 22.5 Å². The molecule has 0 saturated carbocycles. The highest BCUT2D eigenvalue weighted by Gasteiger charge is 2.09. The third kappa shape index (κ3) is 3.00. The standard InChI is InChI=1S/C18H18N2O.ClH/c1-12-7-4-5-9-15(12)20-16-11-13(2)19-18-14(16)8-6-10-17(18)21-3;/h4-11H,1-3H3,(H,19,20);1H/p-1. The molecular weight excluding hydrogens is 296 g/mol. The van der Waals surface area contributed by atoms with Crippen molar-refractivity contribution in [1.29, 1.82) is 0 Å². The number of benzene rings is 2. The molecule has 0 aliphatic heterocycles. The van der Waals surface area contributed by atoms with Crippen LogP contribution < -0.4 is 22.5 Å². The first-order valence-corrected chi connectivity index (χ1v) is 6.96. The molecular formula is C18H18ClN2O-. The normalized spacial score (nSPS) is 10.1. The summed E-state index contributed by atoms with van der Waals surface area (Å²) in [6, 6.07) is 16.3. The minimum absolute atomic E-state index is 0. The smallest absolute Gasteiger partial charge is 0.145 e. The van der Waals surface area contributed by atoms with Gasteiger partial charge in [0.25, 0.3) is 0 Å². The maximum atomic E-state index is 5.42. The van der Waals surface area contributed by atoms with E-state index in [4.69, 9.17) is 4.74 Å². The molecule has 3 rings (SSSR count). The molecule has 1 heterocycles. The highest BCUT2D eigenvalue weighted by atomic mass is 35.5. The van der Waals surface area contributed by atoms with Crippen LogP contribution in [0.3, 0.4) is 0 Å². The summed E-state index contributed by atoms with van der Waals surface area (Å²) in [5.74, 6) is 0.795. The third-order valence-corrected chi connectivity index (χ3v) is 3.56. The predicted molar refractivity (Wildman–Crippen MR) is 87.5 cm³/mol. The van der Waals surface area contributed by atoms with Crippen molar-refractivity contribution in [3.05, 3.63) is 59.8 Å². The number of nitrogens with zero attached hydrogens (tertiary/aromatic N) is 1. The lowest BCUT2D eigenvalue weighted by Crippen LogP contribution is -3.00. The van der Waals surface area contributed by atoms with Crippen LogP contribution in [0.1, 0.15) is 11.3 Å². The van der Waals surface area contributed by atoms with Gasteiger partial charge in [0, 0.05) is 22.5 Å². The number of fused-ring (bicyclic) bond motifs is 1. The van der Waals surface area contributed by atoms with Gasteiger partial charge in [0.05, 0.1) is 7.11 Å². The summed E-state index contributed by atoms with van der Waals surface area (Å²) < 4.78 is 5.42. The Morgan fingerprint density at radius 1 is 0.955 bits per heavy atom. The Morgan fingerprint density at radius 3 is 2.45 bits per heavy atom. The molecule has 1 aromatic heterocycles. The van der Waals surface area contributed by atoms with Gasteiger partial charge in [0.2, 0.25) is 0 Å². The van der Waals surface area contributed by atoms with E-state index in [1.807, 2.05) is 31.2 Å². The summed E-state index contributed by atoms with van der Waals surface area (Å²) in [6.45, 7) is 4.09. The summed E-state index contributed by atoms with van der Waals surface area (Å²) in [5.41, 5.74) is 5.21. The van der Waals surface area contributed by atoms with Gasteiger partial charge in [-0.1, -0.05) is 30.3 Å². The molecule has 114 valence electrons. The van der Waals surface area contributed by atoms with Gasteiger partial charge in [0.1, 0.15) is 11.3 Å². The number of aryl methyl sites for hydroxylation is 2. The fraction of sp³-hybridized carbons (Fsp3) is 0.167. The first kappa shape index (κ1) is 16.1. The zero-order valence-electron chi connectivity index (χ0n) is 12.9. The van der Waals surface area contributed by atoms with E-state index in [0.717, 1.165) is 33.7 Å². The molecule has 0 atom stereocenters. The molecule has 1 N–H and O–H groups in total. The Bertz CT molecular complexity index is 802. The maximum Gasteiger partial charge on any atom is 0.145 e. The highest BCUT2D eigenvalue weighted by molar-refractivity contribution is 5.96. The van der Waals surface area contributed by atoms with Gasteiger partial charge >= 0.3 is 0 Å². The molecule has 0 spiro atoms. The zero-order valence-corrected chi connectivity index (χ0v) is 13.6. The van der Waals surface area contributed by atoms with Gasteiger partial charge in [-0.15, -0.1) is 0 Å². The first-order chi connectivity index (χ1) is 10.2. The summed E-state index contributed by atoms with van der Waals surface area (Å²) >= 11 is 0. The average molecular weight is 314 g/mol. The van der Waals surface area contributed by atoms with Crippen LogP contribution in [0.25, 0.3) is 10.9 Å². The number of halogens is 1. The monoisotopic (exact) mass is 313 g/mol. The molecule has 0 saturated heterocycles. The minimum atomic E-state index is 0. The molecule has 0 unspecified atom stereocenters.